The summed E-state index contributed by atoms with van der Waals surface area (Å²) in [5.41, 5.74) is 2.43. The summed E-state index contributed by atoms with van der Waals surface area (Å²) < 4.78 is 1.85. The van der Waals surface area contributed by atoms with Crippen LogP contribution in [0.15, 0.2) is 60.9 Å². The van der Waals surface area contributed by atoms with Crippen LogP contribution in [0.4, 0.5) is 10.5 Å². The summed E-state index contributed by atoms with van der Waals surface area (Å²) >= 11 is 5.94. The summed E-state index contributed by atoms with van der Waals surface area (Å²) in [5, 5.41) is 20.3. The van der Waals surface area contributed by atoms with E-state index < -0.39 is 0 Å². The number of rotatable bonds is 6. The molecule has 1 saturated heterocycles. The fourth-order valence-electron chi connectivity index (χ4n) is 3.92. The number of carbonyl (C=O) groups is 2. The van der Waals surface area contributed by atoms with E-state index in [1.54, 1.807) is 17.2 Å². The molecule has 1 aromatic heterocycles. The molecule has 0 radical (unpaired) electrons. The van der Waals surface area contributed by atoms with Gasteiger partial charge in [-0.3, -0.25) is 9.48 Å². The molecule has 0 atom stereocenters. The summed E-state index contributed by atoms with van der Waals surface area (Å²) in [4.78, 5) is 27.0. The Morgan fingerprint density at radius 2 is 1.85 bits per heavy atom. The van der Waals surface area contributed by atoms with Crippen LogP contribution >= 0.6 is 11.6 Å². The summed E-state index contributed by atoms with van der Waals surface area (Å²) in [5.74, 6) is -0.445. The van der Waals surface area contributed by atoms with Gasteiger partial charge in [0, 0.05) is 43.0 Å². The molecule has 8 nitrogen and oxygen atoms in total. The first kappa shape index (κ1) is 22.7. The van der Waals surface area contributed by atoms with Crippen LogP contribution in [0.5, 0.6) is 5.75 Å². The lowest BCUT2D eigenvalue weighted by atomic mass is 9.96. The number of hydrogen-bond acceptors (Lipinski definition) is 4. The van der Waals surface area contributed by atoms with E-state index in [0.717, 1.165) is 11.1 Å². The lowest BCUT2D eigenvalue weighted by Crippen LogP contribution is -2.46. The quantitative estimate of drug-likeness (QED) is 0.479. The molecule has 3 aromatic rings. The van der Waals surface area contributed by atoms with Gasteiger partial charge in [0.25, 0.3) is 0 Å². The number of carbonyl (C=O) groups excluding carboxylic acids is 2. The monoisotopic (exact) mass is 467 g/mol. The van der Waals surface area contributed by atoms with Crippen molar-refractivity contribution in [2.45, 2.75) is 25.9 Å². The van der Waals surface area contributed by atoms with Gasteiger partial charge in [-0.05, 0) is 48.2 Å². The first-order valence-electron chi connectivity index (χ1n) is 10.9. The van der Waals surface area contributed by atoms with E-state index >= 15 is 0 Å². The van der Waals surface area contributed by atoms with Gasteiger partial charge in [0.1, 0.15) is 5.75 Å². The van der Waals surface area contributed by atoms with E-state index in [0.29, 0.717) is 49.7 Å². The van der Waals surface area contributed by atoms with Crippen molar-refractivity contribution in [3.8, 4) is 5.75 Å². The SMILES string of the molecule is O=C(Nc1cc(Cl)ccc1O)C1CCN(C(=O)NCc2ccccc2Cn2cccn2)CC1. The fraction of sp³-hybridized carbons (Fsp3) is 0.292. The van der Waals surface area contributed by atoms with E-state index in [1.165, 1.54) is 12.1 Å². The molecular weight excluding hydrogens is 442 g/mol. The normalized spacial score (nSPS) is 14.2. The second-order valence-electron chi connectivity index (χ2n) is 8.04. The molecule has 2 aromatic carbocycles. The Bertz CT molecular complexity index is 1110. The van der Waals surface area contributed by atoms with Gasteiger partial charge >= 0.3 is 6.03 Å². The average Bonchev–Trinajstić information content (AvgIpc) is 3.34. The van der Waals surface area contributed by atoms with Crippen molar-refractivity contribution in [3.05, 3.63) is 77.1 Å². The van der Waals surface area contributed by atoms with Crippen molar-refractivity contribution in [3.63, 3.8) is 0 Å². The highest BCUT2D eigenvalue weighted by Gasteiger charge is 2.27. The number of urea groups is 1. The van der Waals surface area contributed by atoms with Crippen molar-refractivity contribution >= 4 is 29.2 Å². The summed E-state index contributed by atoms with van der Waals surface area (Å²) in [6, 6.07) is 14.2. The minimum atomic E-state index is -0.234. The molecule has 0 unspecified atom stereocenters. The van der Waals surface area contributed by atoms with E-state index in [9.17, 15) is 14.7 Å². The maximum atomic E-state index is 12.7. The Hall–Kier alpha value is -3.52. The Morgan fingerprint density at radius 3 is 2.58 bits per heavy atom. The number of nitrogens with zero attached hydrogens (tertiary/aromatic N) is 3. The predicted octanol–water partition coefficient (Wildman–Crippen LogP) is 3.85. The Balaban J connectivity index is 1.27. The minimum absolute atomic E-state index is 0.0302. The first-order chi connectivity index (χ1) is 16.0. The maximum absolute atomic E-state index is 12.7. The number of anilines is 1. The zero-order valence-electron chi connectivity index (χ0n) is 18.1. The van der Waals surface area contributed by atoms with Crippen molar-refractivity contribution in [1.82, 2.24) is 20.0 Å². The van der Waals surface area contributed by atoms with E-state index in [2.05, 4.69) is 15.7 Å². The average molecular weight is 468 g/mol. The second kappa shape index (κ2) is 10.4. The number of nitrogens with one attached hydrogen (secondary N) is 2. The molecule has 4 rings (SSSR count). The third-order valence-corrected chi connectivity index (χ3v) is 6.04. The van der Waals surface area contributed by atoms with Crippen LogP contribution < -0.4 is 10.6 Å². The molecule has 172 valence electrons. The smallest absolute Gasteiger partial charge is 0.317 e. The molecule has 0 saturated carbocycles. The highest BCUT2D eigenvalue weighted by atomic mass is 35.5. The van der Waals surface area contributed by atoms with Crippen LogP contribution in [0, 0.1) is 5.92 Å². The Kier molecular flexibility index (Phi) is 7.14. The Morgan fingerprint density at radius 1 is 1.09 bits per heavy atom. The molecule has 0 bridgehead atoms. The number of hydrogen-bond donors (Lipinski definition) is 3. The molecule has 2 heterocycles. The number of phenols is 1. The maximum Gasteiger partial charge on any atom is 0.317 e. The van der Waals surface area contributed by atoms with Crippen LogP contribution in [0.1, 0.15) is 24.0 Å². The lowest BCUT2D eigenvalue weighted by molar-refractivity contribution is -0.121. The molecule has 1 fully saturated rings. The van der Waals surface area contributed by atoms with E-state index in [-0.39, 0.29) is 23.6 Å². The molecule has 33 heavy (non-hydrogen) atoms. The van der Waals surface area contributed by atoms with Crippen LogP contribution in [0.3, 0.4) is 0 Å². The molecule has 9 heteroatoms. The number of phenolic OH excluding ortho intramolecular Hbond substituents is 1. The number of aromatic hydroxyl groups is 1. The standard InChI is InChI=1S/C24H26ClN5O3/c25-20-6-7-22(31)21(14-20)28-23(32)17-8-12-29(13-9-17)24(33)26-15-18-4-1-2-5-19(18)16-30-11-3-10-27-30/h1-7,10-11,14,17,31H,8-9,12-13,15-16H2,(H,26,33)(H,28,32). The van der Waals surface area contributed by atoms with Crippen LogP contribution in [-0.2, 0) is 17.9 Å². The third-order valence-electron chi connectivity index (χ3n) is 5.81. The summed E-state index contributed by atoms with van der Waals surface area (Å²) in [6.45, 7) is 2.03. The van der Waals surface area contributed by atoms with Gasteiger partial charge in [-0.1, -0.05) is 35.9 Å². The number of halogens is 1. The Labute approximate surface area is 197 Å². The molecule has 3 amide bonds. The first-order valence-corrected chi connectivity index (χ1v) is 11.2. The van der Waals surface area contributed by atoms with Crippen LogP contribution in [0.25, 0.3) is 0 Å². The van der Waals surface area contributed by atoms with Gasteiger partial charge in [0.05, 0.1) is 12.2 Å². The number of benzene rings is 2. The summed E-state index contributed by atoms with van der Waals surface area (Å²) in [7, 11) is 0. The van der Waals surface area contributed by atoms with Gasteiger partial charge in [-0.25, -0.2) is 4.79 Å². The molecule has 1 aliphatic heterocycles. The van der Waals surface area contributed by atoms with Crippen LogP contribution in [-0.4, -0.2) is 44.8 Å². The van der Waals surface area contributed by atoms with Gasteiger partial charge in [-0.15, -0.1) is 0 Å². The highest BCUT2D eigenvalue weighted by Crippen LogP contribution is 2.28. The third kappa shape index (κ3) is 5.84. The number of amides is 3. The zero-order valence-corrected chi connectivity index (χ0v) is 18.8. The largest absolute Gasteiger partial charge is 0.506 e. The molecule has 0 spiro atoms. The fourth-order valence-corrected chi connectivity index (χ4v) is 4.10. The summed E-state index contributed by atoms with van der Waals surface area (Å²) in [6.07, 6.45) is 4.75. The van der Waals surface area contributed by atoms with Crippen LogP contribution in [0.2, 0.25) is 5.02 Å². The lowest BCUT2D eigenvalue weighted by Gasteiger charge is -2.31. The topological polar surface area (TPSA) is 99.5 Å². The number of aromatic nitrogens is 2. The highest BCUT2D eigenvalue weighted by molar-refractivity contribution is 6.31. The van der Waals surface area contributed by atoms with Gasteiger partial charge in [-0.2, -0.15) is 5.10 Å². The molecule has 1 aliphatic rings. The van der Waals surface area contributed by atoms with E-state index in [1.807, 2.05) is 41.2 Å². The minimum Gasteiger partial charge on any atom is -0.506 e. The second-order valence-corrected chi connectivity index (χ2v) is 8.48. The van der Waals surface area contributed by atoms with Crippen molar-refractivity contribution in [2.75, 3.05) is 18.4 Å². The van der Waals surface area contributed by atoms with Gasteiger partial charge in [0.15, 0.2) is 0 Å². The van der Waals surface area contributed by atoms with E-state index in [4.69, 9.17) is 11.6 Å². The molecule has 3 N–H and O–H groups in total. The number of likely N-dealkylation sites (tertiary alicyclic amines) is 1. The molecular formula is C24H26ClN5O3. The van der Waals surface area contributed by atoms with Crippen molar-refractivity contribution in [1.29, 1.82) is 0 Å². The zero-order chi connectivity index (χ0) is 23.2. The van der Waals surface area contributed by atoms with Crippen molar-refractivity contribution < 1.29 is 14.7 Å². The van der Waals surface area contributed by atoms with Crippen molar-refractivity contribution in [2.24, 2.45) is 5.92 Å². The molecule has 0 aliphatic carbocycles. The predicted molar refractivity (Wildman–Crippen MR) is 126 cm³/mol. The number of piperidine rings is 1. The van der Waals surface area contributed by atoms with Gasteiger partial charge < -0.3 is 20.6 Å². The van der Waals surface area contributed by atoms with Gasteiger partial charge in [0.2, 0.25) is 5.91 Å².